The highest BCUT2D eigenvalue weighted by Crippen LogP contribution is 2.21. The molecule has 2 aromatic rings. The zero-order valence-corrected chi connectivity index (χ0v) is 16.6. The lowest BCUT2D eigenvalue weighted by Crippen LogP contribution is -2.35. The van der Waals surface area contributed by atoms with Crippen LogP contribution in [0.1, 0.15) is 36.5 Å². The summed E-state index contributed by atoms with van der Waals surface area (Å²) in [7, 11) is 0. The first-order chi connectivity index (χ1) is 14.4. The predicted octanol–water partition coefficient (Wildman–Crippen LogP) is 2.96. The third-order valence-corrected chi connectivity index (χ3v) is 4.56. The number of hydrogen-bond donors (Lipinski definition) is 2. The Morgan fingerprint density at radius 2 is 1.57 bits per heavy atom. The maximum atomic E-state index is 12.2. The Morgan fingerprint density at radius 3 is 2.17 bits per heavy atom. The van der Waals surface area contributed by atoms with Crippen LogP contribution in [0.3, 0.4) is 0 Å². The first kappa shape index (κ1) is 21.0. The fourth-order valence-electron chi connectivity index (χ4n) is 3.11. The molecule has 1 heterocycles. The summed E-state index contributed by atoms with van der Waals surface area (Å²) in [6.07, 6.45) is 2.40. The standard InChI is InChI=1S/C22H23N3O5/c1-15(26)23-17-7-9-18(10-8-17)24-20(27)14-30-22(29)16-5-11-19(12-6-16)25-13-3-2-4-21(25)28/h5-12H,2-4,13-14H2,1H3,(H,23,26)(H,24,27). The minimum absolute atomic E-state index is 0.0818. The Kier molecular flexibility index (Phi) is 6.79. The molecule has 8 heteroatoms. The molecule has 156 valence electrons. The van der Waals surface area contributed by atoms with Crippen LogP contribution in [0.4, 0.5) is 17.1 Å². The van der Waals surface area contributed by atoms with Gasteiger partial charge in [0.1, 0.15) is 0 Å². The summed E-state index contributed by atoms with van der Waals surface area (Å²) in [6.45, 7) is 1.65. The third-order valence-electron chi connectivity index (χ3n) is 4.56. The van der Waals surface area contributed by atoms with E-state index in [9.17, 15) is 19.2 Å². The lowest BCUT2D eigenvalue weighted by atomic mass is 10.1. The van der Waals surface area contributed by atoms with E-state index in [1.807, 2.05) is 0 Å². The molecule has 2 aromatic carbocycles. The van der Waals surface area contributed by atoms with Crippen LogP contribution in [0.5, 0.6) is 0 Å². The summed E-state index contributed by atoms with van der Waals surface area (Å²) in [5, 5.41) is 5.24. The van der Waals surface area contributed by atoms with Crippen LogP contribution in [0.25, 0.3) is 0 Å². The number of piperidine rings is 1. The molecule has 0 aromatic heterocycles. The van der Waals surface area contributed by atoms with Crippen LogP contribution in [0, 0.1) is 0 Å². The minimum Gasteiger partial charge on any atom is -0.452 e. The van der Waals surface area contributed by atoms with E-state index >= 15 is 0 Å². The predicted molar refractivity (Wildman–Crippen MR) is 112 cm³/mol. The van der Waals surface area contributed by atoms with Gasteiger partial charge in [-0.15, -0.1) is 0 Å². The van der Waals surface area contributed by atoms with E-state index in [-0.39, 0.29) is 11.8 Å². The SMILES string of the molecule is CC(=O)Nc1ccc(NC(=O)COC(=O)c2ccc(N3CCCCC3=O)cc2)cc1. The van der Waals surface area contributed by atoms with Gasteiger partial charge in [-0.3, -0.25) is 14.4 Å². The summed E-state index contributed by atoms with van der Waals surface area (Å²) in [4.78, 5) is 48.9. The highest BCUT2D eigenvalue weighted by Gasteiger charge is 2.20. The Labute approximate surface area is 174 Å². The molecule has 0 radical (unpaired) electrons. The highest BCUT2D eigenvalue weighted by molar-refractivity contribution is 5.97. The quantitative estimate of drug-likeness (QED) is 0.714. The van der Waals surface area contributed by atoms with Gasteiger partial charge in [-0.25, -0.2) is 4.79 Å². The van der Waals surface area contributed by atoms with E-state index in [0.29, 0.717) is 29.9 Å². The van der Waals surface area contributed by atoms with E-state index in [0.717, 1.165) is 18.5 Å². The average molecular weight is 409 g/mol. The van der Waals surface area contributed by atoms with Gasteiger partial charge < -0.3 is 20.3 Å². The van der Waals surface area contributed by atoms with Gasteiger partial charge >= 0.3 is 5.97 Å². The lowest BCUT2D eigenvalue weighted by Gasteiger charge is -2.26. The minimum atomic E-state index is -0.623. The second kappa shape index (κ2) is 9.69. The number of anilines is 3. The van der Waals surface area contributed by atoms with E-state index in [4.69, 9.17) is 4.74 Å². The van der Waals surface area contributed by atoms with Crippen molar-refractivity contribution in [1.29, 1.82) is 0 Å². The molecule has 8 nitrogen and oxygen atoms in total. The highest BCUT2D eigenvalue weighted by atomic mass is 16.5. The van der Waals surface area contributed by atoms with Crippen molar-refractivity contribution in [2.24, 2.45) is 0 Å². The monoisotopic (exact) mass is 409 g/mol. The molecule has 1 aliphatic rings. The second-order valence-corrected chi connectivity index (χ2v) is 6.93. The number of nitrogens with one attached hydrogen (secondary N) is 2. The molecule has 2 N–H and O–H groups in total. The third kappa shape index (κ3) is 5.66. The molecule has 0 atom stereocenters. The summed E-state index contributed by atoms with van der Waals surface area (Å²) >= 11 is 0. The van der Waals surface area contributed by atoms with Crippen molar-refractivity contribution in [2.75, 3.05) is 28.7 Å². The lowest BCUT2D eigenvalue weighted by molar-refractivity contribution is -0.120. The Balaban J connectivity index is 1.49. The first-order valence-electron chi connectivity index (χ1n) is 9.67. The fourth-order valence-corrected chi connectivity index (χ4v) is 3.11. The number of carbonyl (C=O) groups excluding carboxylic acids is 4. The van der Waals surface area contributed by atoms with Crippen molar-refractivity contribution in [3.8, 4) is 0 Å². The van der Waals surface area contributed by atoms with Crippen molar-refractivity contribution in [2.45, 2.75) is 26.2 Å². The van der Waals surface area contributed by atoms with Crippen LogP contribution < -0.4 is 15.5 Å². The number of carbonyl (C=O) groups is 4. The van der Waals surface area contributed by atoms with Crippen LogP contribution >= 0.6 is 0 Å². The van der Waals surface area contributed by atoms with E-state index in [2.05, 4.69) is 10.6 Å². The largest absolute Gasteiger partial charge is 0.452 e. The first-order valence-corrected chi connectivity index (χ1v) is 9.67. The summed E-state index contributed by atoms with van der Waals surface area (Å²) < 4.78 is 5.06. The average Bonchev–Trinajstić information content (AvgIpc) is 2.73. The number of hydrogen-bond acceptors (Lipinski definition) is 5. The molecule has 0 bridgehead atoms. The van der Waals surface area contributed by atoms with Gasteiger partial charge in [-0.1, -0.05) is 0 Å². The molecule has 30 heavy (non-hydrogen) atoms. The molecule has 3 amide bonds. The fraction of sp³-hybridized carbons (Fsp3) is 0.273. The maximum absolute atomic E-state index is 12.2. The number of ether oxygens (including phenoxy) is 1. The number of benzene rings is 2. The van der Waals surface area contributed by atoms with E-state index < -0.39 is 18.5 Å². The van der Waals surface area contributed by atoms with Crippen molar-refractivity contribution in [3.63, 3.8) is 0 Å². The molecular formula is C22H23N3O5. The summed E-state index contributed by atoms with van der Waals surface area (Å²) in [6, 6.07) is 13.1. The van der Waals surface area contributed by atoms with Crippen molar-refractivity contribution in [3.05, 3.63) is 54.1 Å². The van der Waals surface area contributed by atoms with Crippen molar-refractivity contribution >= 4 is 40.8 Å². The van der Waals surface area contributed by atoms with E-state index in [1.165, 1.54) is 6.92 Å². The van der Waals surface area contributed by atoms with Crippen LogP contribution in [0.2, 0.25) is 0 Å². The molecule has 1 aliphatic heterocycles. The molecule has 0 unspecified atom stereocenters. The van der Waals surface area contributed by atoms with Gasteiger partial charge in [-0.2, -0.15) is 0 Å². The van der Waals surface area contributed by atoms with E-state index in [1.54, 1.807) is 53.4 Å². The molecular weight excluding hydrogens is 386 g/mol. The maximum Gasteiger partial charge on any atom is 0.338 e. The van der Waals surface area contributed by atoms with Gasteiger partial charge in [-0.05, 0) is 61.4 Å². The molecule has 3 rings (SSSR count). The molecule has 0 aliphatic carbocycles. The number of esters is 1. The Morgan fingerprint density at radius 1 is 0.933 bits per heavy atom. The topological polar surface area (TPSA) is 105 Å². The number of amides is 3. The van der Waals surface area contributed by atoms with Gasteiger partial charge in [0.15, 0.2) is 6.61 Å². The van der Waals surface area contributed by atoms with Crippen LogP contribution in [-0.2, 0) is 19.1 Å². The molecule has 1 saturated heterocycles. The van der Waals surface area contributed by atoms with Gasteiger partial charge in [0, 0.05) is 37.0 Å². The smallest absolute Gasteiger partial charge is 0.338 e. The number of rotatable bonds is 6. The Bertz CT molecular complexity index is 938. The summed E-state index contributed by atoms with van der Waals surface area (Å²) in [5.41, 5.74) is 2.18. The van der Waals surface area contributed by atoms with Gasteiger partial charge in [0.05, 0.1) is 5.56 Å². The van der Waals surface area contributed by atoms with Gasteiger partial charge in [0.25, 0.3) is 5.91 Å². The Hall–Kier alpha value is -3.68. The second-order valence-electron chi connectivity index (χ2n) is 6.93. The zero-order chi connectivity index (χ0) is 21.5. The van der Waals surface area contributed by atoms with Crippen molar-refractivity contribution < 1.29 is 23.9 Å². The normalized spacial score (nSPS) is 13.5. The van der Waals surface area contributed by atoms with Gasteiger partial charge in [0.2, 0.25) is 11.8 Å². The van der Waals surface area contributed by atoms with Crippen LogP contribution in [-0.4, -0.2) is 36.8 Å². The van der Waals surface area contributed by atoms with Crippen LogP contribution in [0.15, 0.2) is 48.5 Å². The molecule has 1 fully saturated rings. The van der Waals surface area contributed by atoms with Crippen molar-refractivity contribution in [1.82, 2.24) is 0 Å². The number of nitrogens with zero attached hydrogens (tertiary/aromatic N) is 1. The molecule has 0 spiro atoms. The molecule has 0 saturated carbocycles. The zero-order valence-electron chi connectivity index (χ0n) is 16.6. The summed E-state index contributed by atoms with van der Waals surface area (Å²) in [5.74, 6) is -1.21.